The van der Waals surface area contributed by atoms with Crippen molar-refractivity contribution in [3.63, 3.8) is 0 Å². The topological polar surface area (TPSA) is 82.6 Å². The average molecular weight is 489 g/mol. The van der Waals surface area contributed by atoms with Gasteiger partial charge in [-0.25, -0.2) is 4.79 Å². The minimum Gasteiger partial charge on any atom is -0.339 e. The maximum absolute atomic E-state index is 13.9. The van der Waals surface area contributed by atoms with Crippen LogP contribution in [0.25, 0.3) is 0 Å². The number of benzene rings is 1. The molecule has 4 heterocycles. The lowest BCUT2D eigenvalue weighted by Crippen LogP contribution is -2.54. The fourth-order valence-electron chi connectivity index (χ4n) is 5.12. The van der Waals surface area contributed by atoms with Crippen LogP contribution >= 0.6 is 11.3 Å². The lowest BCUT2D eigenvalue weighted by molar-refractivity contribution is -0.134. The van der Waals surface area contributed by atoms with Crippen LogP contribution in [0.5, 0.6) is 0 Å². The standard InChI is InChI=1S/C27H28N4O3S/c1-19-7-9-20(10-8-19)24(32)30-15-11-21(12-16-30)27(23-6-2-3-14-28-23)25(33)31(26(34)29-27)17-13-22-5-4-18-35-22/h2-10,14,18,21H,11-13,15-17H2,1H3,(H,29,34)/t27-/m0/s1. The van der Waals surface area contributed by atoms with E-state index < -0.39 is 5.54 Å². The maximum atomic E-state index is 13.9. The number of likely N-dealkylation sites (tertiary alicyclic amines) is 1. The van der Waals surface area contributed by atoms with Gasteiger partial charge in [-0.05, 0) is 61.9 Å². The Labute approximate surface area is 208 Å². The van der Waals surface area contributed by atoms with E-state index in [2.05, 4.69) is 10.3 Å². The number of urea groups is 1. The Bertz CT molecular complexity index is 1200. The van der Waals surface area contributed by atoms with Crippen LogP contribution in [0, 0.1) is 12.8 Å². The fourth-order valence-corrected chi connectivity index (χ4v) is 5.82. The van der Waals surface area contributed by atoms with Crippen LogP contribution in [0.3, 0.4) is 0 Å². The molecule has 2 aliphatic rings. The van der Waals surface area contributed by atoms with Crippen LogP contribution in [0.4, 0.5) is 4.79 Å². The summed E-state index contributed by atoms with van der Waals surface area (Å²) >= 11 is 1.62. The number of hydrogen-bond acceptors (Lipinski definition) is 5. The minimum atomic E-state index is -1.22. The number of hydrogen-bond donors (Lipinski definition) is 1. The van der Waals surface area contributed by atoms with Crippen molar-refractivity contribution in [1.82, 2.24) is 20.1 Å². The Hall–Kier alpha value is -3.52. The second kappa shape index (κ2) is 9.62. The number of nitrogens with zero attached hydrogens (tertiary/aromatic N) is 3. The van der Waals surface area contributed by atoms with E-state index in [1.54, 1.807) is 23.6 Å². The molecule has 7 nitrogen and oxygen atoms in total. The number of rotatable bonds is 6. The lowest BCUT2D eigenvalue weighted by atomic mass is 9.75. The molecule has 0 saturated carbocycles. The molecule has 2 saturated heterocycles. The van der Waals surface area contributed by atoms with Gasteiger partial charge in [0.25, 0.3) is 11.8 Å². The third kappa shape index (κ3) is 4.34. The van der Waals surface area contributed by atoms with Crippen molar-refractivity contribution in [3.8, 4) is 0 Å². The molecule has 1 N–H and O–H groups in total. The van der Waals surface area contributed by atoms with Crippen molar-refractivity contribution in [2.24, 2.45) is 5.92 Å². The Kier molecular flexibility index (Phi) is 6.38. The number of imide groups is 1. The summed E-state index contributed by atoms with van der Waals surface area (Å²) in [4.78, 5) is 48.8. The van der Waals surface area contributed by atoms with E-state index >= 15 is 0 Å². The molecule has 0 radical (unpaired) electrons. The van der Waals surface area contributed by atoms with E-state index in [-0.39, 0.29) is 23.8 Å². The summed E-state index contributed by atoms with van der Waals surface area (Å²) < 4.78 is 0. The molecule has 0 unspecified atom stereocenters. The molecule has 2 aliphatic heterocycles. The third-order valence-corrected chi connectivity index (χ3v) is 7.99. The predicted molar refractivity (Wildman–Crippen MR) is 134 cm³/mol. The largest absolute Gasteiger partial charge is 0.339 e. The number of pyridine rings is 1. The summed E-state index contributed by atoms with van der Waals surface area (Å²) in [7, 11) is 0. The highest BCUT2D eigenvalue weighted by Crippen LogP contribution is 2.41. The molecule has 2 aromatic heterocycles. The summed E-state index contributed by atoms with van der Waals surface area (Å²) in [6.07, 6.45) is 3.47. The van der Waals surface area contributed by atoms with Gasteiger partial charge in [0.1, 0.15) is 0 Å². The monoisotopic (exact) mass is 488 g/mol. The van der Waals surface area contributed by atoms with Crippen molar-refractivity contribution >= 4 is 29.2 Å². The van der Waals surface area contributed by atoms with Crippen molar-refractivity contribution in [2.75, 3.05) is 19.6 Å². The van der Waals surface area contributed by atoms with Gasteiger partial charge in [-0.3, -0.25) is 19.5 Å². The first-order valence-electron chi connectivity index (χ1n) is 11.9. The summed E-state index contributed by atoms with van der Waals surface area (Å²) in [5.41, 5.74) is 1.11. The van der Waals surface area contributed by atoms with E-state index in [1.165, 1.54) is 4.90 Å². The molecule has 8 heteroatoms. The van der Waals surface area contributed by atoms with Crippen molar-refractivity contribution < 1.29 is 14.4 Å². The normalized spacial score (nSPS) is 20.8. The molecule has 0 spiro atoms. The van der Waals surface area contributed by atoms with Gasteiger partial charge in [0.2, 0.25) is 0 Å². The number of carbonyl (C=O) groups is 3. The van der Waals surface area contributed by atoms with Crippen molar-refractivity contribution in [3.05, 3.63) is 87.9 Å². The quantitative estimate of drug-likeness (QED) is 0.532. The van der Waals surface area contributed by atoms with E-state index in [4.69, 9.17) is 0 Å². The van der Waals surface area contributed by atoms with E-state index in [9.17, 15) is 14.4 Å². The molecule has 1 aromatic carbocycles. The highest BCUT2D eigenvalue weighted by molar-refractivity contribution is 7.09. The van der Waals surface area contributed by atoms with Crippen LogP contribution in [0.15, 0.2) is 66.2 Å². The minimum absolute atomic E-state index is 0.00491. The van der Waals surface area contributed by atoms with Gasteiger partial charge in [0.15, 0.2) is 5.54 Å². The van der Waals surface area contributed by atoms with Gasteiger partial charge in [-0.2, -0.15) is 0 Å². The van der Waals surface area contributed by atoms with E-state index in [0.717, 1.165) is 10.4 Å². The highest BCUT2D eigenvalue weighted by atomic mass is 32.1. The number of aromatic nitrogens is 1. The van der Waals surface area contributed by atoms with Gasteiger partial charge in [-0.15, -0.1) is 11.3 Å². The van der Waals surface area contributed by atoms with Crippen molar-refractivity contribution in [1.29, 1.82) is 0 Å². The predicted octanol–water partition coefficient (Wildman–Crippen LogP) is 3.99. The number of thiophene rings is 1. The molecule has 4 amide bonds. The smallest absolute Gasteiger partial charge is 0.325 e. The fraction of sp³-hybridized carbons (Fsp3) is 0.333. The maximum Gasteiger partial charge on any atom is 0.325 e. The van der Waals surface area contributed by atoms with Gasteiger partial charge in [0, 0.05) is 42.2 Å². The highest BCUT2D eigenvalue weighted by Gasteiger charge is 2.58. The zero-order chi connectivity index (χ0) is 24.4. The molecule has 0 aliphatic carbocycles. The zero-order valence-electron chi connectivity index (χ0n) is 19.6. The average Bonchev–Trinajstić information content (AvgIpc) is 3.50. The van der Waals surface area contributed by atoms with Crippen LogP contribution in [-0.2, 0) is 16.8 Å². The van der Waals surface area contributed by atoms with Crippen molar-refractivity contribution in [2.45, 2.75) is 31.7 Å². The molecule has 0 bridgehead atoms. The molecule has 180 valence electrons. The van der Waals surface area contributed by atoms with Crippen LogP contribution in [0.1, 0.15) is 39.3 Å². The van der Waals surface area contributed by atoms with Crippen LogP contribution in [0.2, 0.25) is 0 Å². The molecule has 3 aromatic rings. The van der Waals surface area contributed by atoms with Gasteiger partial charge in [0.05, 0.1) is 5.69 Å². The van der Waals surface area contributed by atoms with Crippen LogP contribution < -0.4 is 5.32 Å². The second-order valence-electron chi connectivity index (χ2n) is 9.17. The summed E-state index contributed by atoms with van der Waals surface area (Å²) in [5.74, 6) is -0.418. The molecular weight excluding hydrogens is 460 g/mol. The number of nitrogens with one attached hydrogen (secondary N) is 1. The second-order valence-corrected chi connectivity index (χ2v) is 10.2. The molecular formula is C27H28N4O3S. The number of carbonyl (C=O) groups excluding carboxylic acids is 3. The first-order chi connectivity index (χ1) is 17.0. The SMILES string of the molecule is Cc1ccc(C(=O)N2CCC([C@@]3(c4ccccn4)NC(=O)N(CCc4cccs4)C3=O)CC2)cc1. The van der Waals surface area contributed by atoms with E-state index in [0.29, 0.717) is 50.2 Å². The summed E-state index contributed by atoms with van der Waals surface area (Å²) in [6.45, 7) is 3.35. The Balaban J connectivity index is 1.36. The Morgan fingerprint density at radius 3 is 2.51 bits per heavy atom. The van der Waals surface area contributed by atoms with E-state index in [1.807, 2.05) is 65.7 Å². The molecule has 5 rings (SSSR count). The molecule has 2 fully saturated rings. The Morgan fingerprint density at radius 1 is 1.09 bits per heavy atom. The first-order valence-corrected chi connectivity index (χ1v) is 12.8. The Morgan fingerprint density at radius 2 is 1.86 bits per heavy atom. The molecule has 35 heavy (non-hydrogen) atoms. The van der Waals surface area contributed by atoms with Crippen LogP contribution in [-0.4, -0.2) is 52.3 Å². The number of aryl methyl sites for hydroxylation is 1. The van der Waals surface area contributed by atoms with Gasteiger partial charge < -0.3 is 10.2 Å². The third-order valence-electron chi connectivity index (χ3n) is 7.06. The summed E-state index contributed by atoms with van der Waals surface area (Å²) in [5, 5.41) is 5.03. The lowest BCUT2D eigenvalue weighted by Gasteiger charge is -2.40. The van der Waals surface area contributed by atoms with Gasteiger partial charge >= 0.3 is 6.03 Å². The first kappa shape index (κ1) is 23.2. The number of piperidine rings is 1. The summed E-state index contributed by atoms with van der Waals surface area (Å²) in [6, 6.07) is 16.6. The van der Waals surface area contributed by atoms with Gasteiger partial charge in [-0.1, -0.05) is 29.8 Å². The molecule has 1 atom stereocenters. The zero-order valence-corrected chi connectivity index (χ0v) is 20.5. The number of amides is 4.